The minimum absolute atomic E-state index is 0.0984. The van der Waals surface area contributed by atoms with E-state index in [1.165, 1.54) is 56.9 Å². The molecule has 0 aromatic carbocycles. The first kappa shape index (κ1) is 30.0. The third-order valence-electron chi connectivity index (χ3n) is 12.4. The van der Waals surface area contributed by atoms with Gasteiger partial charge in [-0.25, -0.2) is 0 Å². The van der Waals surface area contributed by atoms with Gasteiger partial charge in [-0.15, -0.1) is 0 Å². The van der Waals surface area contributed by atoms with E-state index in [1.54, 1.807) is 0 Å². The number of aliphatic hydroxyl groups is 4. The fourth-order valence-corrected chi connectivity index (χ4v) is 10.1. The predicted octanol–water partition coefficient (Wildman–Crippen LogP) is 5.21. The molecule has 1 heterocycles. The second-order valence-electron chi connectivity index (χ2n) is 15.0. The van der Waals surface area contributed by atoms with Gasteiger partial charge in [0.25, 0.3) is 0 Å². The molecule has 0 aromatic heterocycles. The van der Waals surface area contributed by atoms with Crippen LogP contribution in [0.2, 0.25) is 0 Å². The number of fused-ring (bicyclic) bond motifs is 5. The lowest BCUT2D eigenvalue weighted by atomic mass is 9.47. The molecule has 0 aromatic rings. The van der Waals surface area contributed by atoms with Gasteiger partial charge >= 0.3 is 0 Å². The van der Waals surface area contributed by atoms with E-state index in [0.717, 1.165) is 54.8 Å². The van der Waals surface area contributed by atoms with Crippen LogP contribution in [0.1, 0.15) is 105 Å². The van der Waals surface area contributed by atoms with Crippen LogP contribution in [0.25, 0.3) is 0 Å². The Kier molecular flexibility index (Phi) is 8.95. The summed E-state index contributed by atoms with van der Waals surface area (Å²) in [7, 11) is 0. The van der Waals surface area contributed by atoms with Gasteiger partial charge in [0, 0.05) is 0 Å². The quantitative estimate of drug-likeness (QED) is 0.311. The summed E-state index contributed by atoms with van der Waals surface area (Å²) in [5, 5.41) is 40.3. The van der Waals surface area contributed by atoms with Crippen LogP contribution in [0, 0.1) is 46.3 Å². The smallest absolute Gasteiger partial charge is 0.186 e. The third kappa shape index (κ3) is 5.41. The molecule has 4 N–H and O–H groups in total. The van der Waals surface area contributed by atoms with Gasteiger partial charge in [-0.1, -0.05) is 65.5 Å². The lowest BCUT2D eigenvalue weighted by Gasteiger charge is -2.58. The summed E-state index contributed by atoms with van der Waals surface area (Å²) in [4.78, 5) is 0. The van der Waals surface area contributed by atoms with Crippen molar-refractivity contribution in [3.8, 4) is 0 Å². The summed E-state index contributed by atoms with van der Waals surface area (Å²) < 4.78 is 11.9. The molecule has 39 heavy (non-hydrogen) atoms. The monoisotopic (exact) mass is 548 g/mol. The van der Waals surface area contributed by atoms with Crippen molar-refractivity contribution >= 4 is 0 Å². The van der Waals surface area contributed by atoms with Crippen molar-refractivity contribution in [2.45, 2.75) is 142 Å². The molecule has 4 fully saturated rings. The molecule has 13 atom stereocenters. The second kappa shape index (κ2) is 11.6. The summed E-state index contributed by atoms with van der Waals surface area (Å²) >= 11 is 0. The molecule has 5 aliphatic rings. The zero-order valence-electron chi connectivity index (χ0n) is 25.1. The molecule has 4 aliphatic carbocycles. The zero-order chi connectivity index (χ0) is 28.1. The van der Waals surface area contributed by atoms with Gasteiger partial charge < -0.3 is 29.9 Å². The first-order valence-electron chi connectivity index (χ1n) is 16.1. The number of aliphatic hydroxyl groups excluding tert-OH is 4. The highest BCUT2D eigenvalue weighted by Gasteiger charge is 2.59. The summed E-state index contributed by atoms with van der Waals surface area (Å²) in [6, 6.07) is 0. The Morgan fingerprint density at radius 1 is 0.949 bits per heavy atom. The van der Waals surface area contributed by atoms with Gasteiger partial charge in [0.15, 0.2) is 6.29 Å². The van der Waals surface area contributed by atoms with Crippen LogP contribution in [-0.4, -0.2) is 63.8 Å². The van der Waals surface area contributed by atoms with Crippen molar-refractivity contribution in [1.82, 2.24) is 0 Å². The van der Waals surface area contributed by atoms with Crippen LogP contribution in [0.15, 0.2) is 11.6 Å². The number of allylic oxidation sites excluding steroid dienone is 1. The molecule has 6 heteroatoms. The first-order chi connectivity index (χ1) is 18.5. The van der Waals surface area contributed by atoms with Crippen LogP contribution in [0.5, 0.6) is 0 Å². The van der Waals surface area contributed by atoms with Gasteiger partial charge in [-0.05, 0) is 97.7 Å². The maximum atomic E-state index is 10.5. The maximum Gasteiger partial charge on any atom is 0.186 e. The van der Waals surface area contributed by atoms with Gasteiger partial charge in [0.1, 0.15) is 24.4 Å². The lowest BCUT2D eigenvalue weighted by molar-refractivity contribution is -0.313. The molecule has 0 bridgehead atoms. The number of ether oxygens (including phenoxy) is 2. The maximum absolute atomic E-state index is 10.5. The molecule has 5 rings (SSSR count). The van der Waals surface area contributed by atoms with Crippen LogP contribution < -0.4 is 0 Å². The molecule has 0 spiro atoms. The molecule has 0 amide bonds. The lowest BCUT2D eigenvalue weighted by Crippen LogP contribution is -2.60. The van der Waals surface area contributed by atoms with E-state index in [-0.39, 0.29) is 11.5 Å². The van der Waals surface area contributed by atoms with Crippen molar-refractivity contribution < 1.29 is 29.9 Å². The second-order valence-corrected chi connectivity index (χ2v) is 15.0. The Balaban J connectivity index is 1.24. The number of rotatable bonds is 8. The third-order valence-corrected chi connectivity index (χ3v) is 12.4. The molecule has 1 unspecified atom stereocenters. The SMILES string of the molecule is CC(C)CCC[C@@H](C)[C@H]1CC[C@H]2[C@@H]3CC=C4CC(O[C@H]5O[C@H](CO)[C@H](O)[C@H](O)[C@H]5O)CC[C@]4(C)[C@H]3CC[C@]12C. The molecular weight excluding hydrogens is 492 g/mol. The van der Waals surface area contributed by atoms with Crippen LogP contribution in [-0.2, 0) is 9.47 Å². The van der Waals surface area contributed by atoms with E-state index in [0.29, 0.717) is 5.41 Å². The van der Waals surface area contributed by atoms with E-state index in [4.69, 9.17) is 9.47 Å². The Hall–Kier alpha value is -0.500. The predicted molar refractivity (Wildman–Crippen MR) is 152 cm³/mol. The largest absolute Gasteiger partial charge is 0.394 e. The minimum Gasteiger partial charge on any atom is -0.394 e. The van der Waals surface area contributed by atoms with E-state index >= 15 is 0 Å². The highest BCUT2D eigenvalue weighted by molar-refractivity contribution is 5.25. The summed E-state index contributed by atoms with van der Waals surface area (Å²) in [6.45, 7) is 12.0. The van der Waals surface area contributed by atoms with Crippen LogP contribution >= 0.6 is 0 Å². The summed E-state index contributed by atoms with van der Waals surface area (Å²) in [6.07, 6.45) is 9.98. The normalized spacial score (nSPS) is 48.7. The van der Waals surface area contributed by atoms with Gasteiger partial charge in [0.05, 0.1) is 12.7 Å². The molecular formula is C33H56O6. The Bertz CT molecular complexity index is 872. The van der Waals surface area contributed by atoms with Crippen molar-refractivity contribution in [3.63, 3.8) is 0 Å². The van der Waals surface area contributed by atoms with Gasteiger partial charge in [0.2, 0.25) is 0 Å². The van der Waals surface area contributed by atoms with Crippen molar-refractivity contribution in [1.29, 1.82) is 0 Å². The molecule has 224 valence electrons. The van der Waals surface area contributed by atoms with E-state index < -0.39 is 37.3 Å². The van der Waals surface area contributed by atoms with E-state index in [1.807, 2.05) is 0 Å². The van der Waals surface area contributed by atoms with Gasteiger partial charge in [-0.3, -0.25) is 0 Å². The topological polar surface area (TPSA) is 99.4 Å². The Morgan fingerprint density at radius 3 is 2.44 bits per heavy atom. The minimum atomic E-state index is -1.39. The highest BCUT2D eigenvalue weighted by atomic mass is 16.7. The molecule has 1 aliphatic heterocycles. The van der Waals surface area contributed by atoms with Crippen LogP contribution in [0.4, 0.5) is 0 Å². The number of hydrogen-bond acceptors (Lipinski definition) is 6. The van der Waals surface area contributed by atoms with Crippen molar-refractivity contribution in [2.24, 2.45) is 46.3 Å². The fourth-order valence-electron chi connectivity index (χ4n) is 10.1. The average Bonchev–Trinajstić information content (AvgIpc) is 3.26. The molecule has 1 saturated heterocycles. The van der Waals surface area contributed by atoms with Gasteiger partial charge in [-0.2, -0.15) is 0 Å². The summed E-state index contributed by atoms with van der Waals surface area (Å²) in [5.41, 5.74) is 2.20. The first-order valence-corrected chi connectivity index (χ1v) is 16.1. The standard InChI is InChI=1S/C33H56O6/c1-19(2)7-6-8-20(3)24-11-12-25-23-10-9-21-17-22(13-15-32(21,4)26(23)14-16-33(24,25)5)38-31-30(37)29(36)28(35)27(18-34)39-31/h9,19-20,22-31,34-37H,6-8,10-18H2,1-5H3/t20-,22?,23+,24-,25+,26+,27-,28+,29+,30-,31+,32+,33-/m1/s1. The van der Waals surface area contributed by atoms with E-state index in [9.17, 15) is 20.4 Å². The van der Waals surface area contributed by atoms with Crippen molar-refractivity contribution in [3.05, 3.63) is 11.6 Å². The molecule has 3 saturated carbocycles. The number of hydrogen-bond donors (Lipinski definition) is 4. The van der Waals surface area contributed by atoms with Crippen LogP contribution in [0.3, 0.4) is 0 Å². The Morgan fingerprint density at radius 2 is 1.72 bits per heavy atom. The fraction of sp³-hybridized carbons (Fsp3) is 0.939. The van der Waals surface area contributed by atoms with E-state index in [2.05, 4.69) is 40.7 Å². The average molecular weight is 549 g/mol. The van der Waals surface area contributed by atoms with Crippen molar-refractivity contribution in [2.75, 3.05) is 6.61 Å². The zero-order valence-corrected chi connectivity index (χ0v) is 25.1. The summed E-state index contributed by atoms with van der Waals surface area (Å²) in [5.74, 6) is 4.87. The molecule has 6 nitrogen and oxygen atoms in total. The Labute approximate surface area is 236 Å². The molecule has 0 radical (unpaired) electrons. The highest BCUT2D eigenvalue weighted by Crippen LogP contribution is 2.67.